The lowest BCUT2D eigenvalue weighted by Gasteiger charge is -2.13. The zero-order chi connectivity index (χ0) is 25.9. The van der Waals surface area contributed by atoms with E-state index in [0.29, 0.717) is 11.5 Å². The lowest BCUT2D eigenvalue weighted by Crippen LogP contribution is -2.33. The first-order valence-corrected chi connectivity index (χ1v) is 11.8. The lowest BCUT2D eigenvalue weighted by atomic mass is 10.1. The molecule has 0 aliphatic carbocycles. The van der Waals surface area contributed by atoms with Crippen molar-refractivity contribution in [1.82, 2.24) is 5.43 Å². The number of amides is 1. The zero-order valence-electron chi connectivity index (χ0n) is 20.3. The van der Waals surface area contributed by atoms with Crippen LogP contribution in [0.4, 0.5) is 0 Å². The average Bonchev–Trinajstić information content (AvgIpc) is 2.94. The molecule has 0 aliphatic heterocycles. The molecule has 6 nitrogen and oxygen atoms in total. The van der Waals surface area contributed by atoms with Gasteiger partial charge in [0.05, 0.1) is 6.21 Å². The summed E-state index contributed by atoms with van der Waals surface area (Å²) < 4.78 is 11.0. The number of nitrogens with zero attached hydrogens (tertiary/aromatic N) is 1. The molecule has 0 fully saturated rings. The number of rotatable bonds is 9. The number of carbonyl (C=O) groups excluding carboxylic acids is 2. The van der Waals surface area contributed by atoms with Crippen molar-refractivity contribution >= 4 is 24.2 Å². The highest BCUT2D eigenvalue weighted by Crippen LogP contribution is 2.22. The second-order valence-corrected chi connectivity index (χ2v) is 8.12. The van der Waals surface area contributed by atoms with Gasteiger partial charge in [-0.25, -0.2) is 10.2 Å². The number of hydrogen-bond acceptors (Lipinski definition) is 5. The van der Waals surface area contributed by atoms with E-state index in [4.69, 9.17) is 9.47 Å². The molecule has 184 valence electrons. The second-order valence-electron chi connectivity index (χ2n) is 8.12. The van der Waals surface area contributed by atoms with Gasteiger partial charge in [-0.2, -0.15) is 5.10 Å². The quantitative estimate of drug-likeness (QED) is 0.104. The van der Waals surface area contributed by atoms with E-state index in [2.05, 4.69) is 10.5 Å². The molecule has 37 heavy (non-hydrogen) atoms. The molecule has 4 rings (SSSR count). The Hall–Kier alpha value is -4.97. The standard InChI is InChI=1S/C31H26N2O4/c1-23(36-28-19-15-27(16-20-28)26-10-6-3-7-11-26)31(35)33-32-22-25-12-17-29(18-13-25)37-30(34)21-14-24-8-4-2-5-9-24/h2-23H,1H3,(H,33,35). The minimum absolute atomic E-state index is 0.376. The monoisotopic (exact) mass is 490 g/mol. The molecule has 0 heterocycles. The lowest BCUT2D eigenvalue weighted by molar-refractivity contribution is -0.129. The summed E-state index contributed by atoms with van der Waals surface area (Å²) in [4.78, 5) is 24.4. The van der Waals surface area contributed by atoms with Crippen LogP contribution >= 0.6 is 0 Å². The minimum atomic E-state index is -0.731. The van der Waals surface area contributed by atoms with Crippen LogP contribution in [0.3, 0.4) is 0 Å². The first-order valence-electron chi connectivity index (χ1n) is 11.8. The molecule has 6 heteroatoms. The zero-order valence-corrected chi connectivity index (χ0v) is 20.3. The molecule has 0 aromatic heterocycles. The molecule has 0 saturated heterocycles. The molecule has 1 atom stereocenters. The Labute approximate surface area is 215 Å². The van der Waals surface area contributed by atoms with Crippen LogP contribution in [0.15, 0.2) is 120 Å². The van der Waals surface area contributed by atoms with E-state index in [1.165, 1.54) is 12.3 Å². The third-order valence-electron chi connectivity index (χ3n) is 5.34. The van der Waals surface area contributed by atoms with Gasteiger partial charge in [0.1, 0.15) is 11.5 Å². The Balaban J connectivity index is 1.23. The number of esters is 1. The van der Waals surface area contributed by atoms with Crippen LogP contribution in [-0.4, -0.2) is 24.2 Å². The maximum atomic E-state index is 12.4. The van der Waals surface area contributed by atoms with Crippen molar-refractivity contribution in [3.8, 4) is 22.6 Å². The van der Waals surface area contributed by atoms with Gasteiger partial charge >= 0.3 is 5.97 Å². The van der Waals surface area contributed by atoms with Crippen LogP contribution in [0, 0.1) is 0 Å². The van der Waals surface area contributed by atoms with Crippen LogP contribution in [0.1, 0.15) is 18.1 Å². The molecule has 1 unspecified atom stereocenters. The van der Waals surface area contributed by atoms with E-state index in [0.717, 1.165) is 22.3 Å². The van der Waals surface area contributed by atoms with E-state index in [9.17, 15) is 9.59 Å². The van der Waals surface area contributed by atoms with Crippen LogP contribution in [-0.2, 0) is 9.59 Å². The number of carbonyl (C=O) groups is 2. The summed E-state index contributed by atoms with van der Waals surface area (Å²) >= 11 is 0. The number of ether oxygens (including phenoxy) is 2. The summed E-state index contributed by atoms with van der Waals surface area (Å²) in [5.41, 5.74) is 6.30. The predicted octanol–water partition coefficient (Wildman–Crippen LogP) is 5.89. The van der Waals surface area contributed by atoms with E-state index < -0.39 is 12.1 Å². The molecule has 1 amide bonds. The van der Waals surface area contributed by atoms with Crippen molar-refractivity contribution in [2.45, 2.75) is 13.0 Å². The fourth-order valence-corrected chi connectivity index (χ4v) is 3.38. The molecule has 4 aromatic rings. The SMILES string of the molecule is CC(Oc1ccc(-c2ccccc2)cc1)C(=O)NN=Cc1ccc(OC(=O)C=Cc2ccccc2)cc1. The van der Waals surface area contributed by atoms with Gasteiger partial charge in [0.25, 0.3) is 5.91 Å². The molecule has 0 saturated carbocycles. The molecule has 0 spiro atoms. The highest BCUT2D eigenvalue weighted by molar-refractivity contribution is 5.89. The Morgan fingerprint density at radius 2 is 1.32 bits per heavy atom. The minimum Gasteiger partial charge on any atom is -0.481 e. The van der Waals surface area contributed by atoms with Gasteiger partial charge in [0.15, 0.2) is 6.10 Å². The highest BCUT2D eigenvalue weighted by Gasteiger charge is 2.14. The van der Waals surface area contributed by atoms with Crippen LogP contribution < -0.4 is 14.9 Å². The maximum absolute atomic E-state index is 12.4. The van der Waals surface area contributed by atoms with Crippen LogP contribution in [0.25, 0.3) is 17.2 Å². The average molecular weight is 491 g/mol. The Morgan fingerprint density at radius 1 is 0.730 bits per heavy atom. The normalized spacial score (nSPS) is 11.8. The fraction of sp³-hybridized carbons (Fsp3) is 0.0645. The molecular weight excluding hydrogens is 464 g/mol. The largest absolute Gasteiger partial charge is 0.481 e. The highest BCUT2D eigenvalue weighted by atomic mass is 16.5. The van der Waals surface area contributed by atoms with Crippen molar-refractivity contribution in [2.75, 3.05) is 0 Å². The summed E-state index contributed by atoms with van der Waals surface area (Å²) in [6, 6.07) is 33.9. The summed E-state index contributed by atoms with van der Waals surface area (Å²) in [6.45, 7) is 1.66. The van der Waals surface area contributed by atoms with Crippen molar-refractivity contribution in [3.05, 3.63) is 126 Å². The third kappa shape index (κ3) is 7.77. The summed E-state index contributed by atoms with van der Waals surface area (Å²) in [7, 11) is 0. The van der Waals surface area contributed by atoms with Gasteiger partial charge in [-0.15, -0.1) is 0 Å². The summed E-state index contributed by atoms with van der Waals surface area (Å²) in [5.74, 6) is 0.152. The van der Waals surface area contributed by atoms with Crippen molar-refractivity contribution in [2.24, 2.45) is 5.10 Å². The Morgan fingerprint density at radius 3 is 2.00 bits per heavy atom. The number of benzene rings is 4. The topological polar surface area (TPSA) is 77.0 Å². The maximum Gasteiger partial charge on any atom is 0.336 e. The van der Waals surface area contributed by atoms with E-state index in [1.807, 2.05) is 84.9 Å². The molecule has 0 aliphatic rings. The summed E-state index contributed by atoms with van der Waals surface area (Å²) in [5, 5.41) is 3.99. The predicted molar refractivity (Wildman–Crippen MR) is 145 cm³/mol. The van der Waals surface area contributed by atoms with Gasteiger partial charge in [0.2, 0.25) is 0 Å². The van der Waals surface area contributed by atoms with Crippen molar-refractivity contribution in [3.63, 3.8) is 0 Å². The van der Waals surface area contributed by atoms with Crippen molar-refractivity contribution in [1.29, 1.82) is 0 Å². The van der Waals surface area contributed by atoms with E-state index in [1.54, 1.807) is 37.3 Å². The summed E-state index contributed by atoms with van der Waals surface area (Å²) in [6.07, 6.45) is 3.84. The van der Waals surface area contributed by atoms with Crippen LogP contribution in [0.2, 0.25) is 0 Å². The molecule has 1 N–H and O–H groups in total. The van der Waals surface area contributed by atoms with Crippen molar-refractivity contribution < 1.29 is 19.1 Å². The third-order valence-corrected chi connectivity index (χ3v) is 5.34. The van der Waals surface area contributed by atoms with Gasteiger partial charge < -0.3 is 9.47 Å². The number of hydrazone groups is 1. The molecule has 0 radical (unpaired) electrons. The van der Waals surface area contributed by atoms with Gasteiger partial charge in [-0.1, -0.05) is 72.8 Å². The fourth-order valence-electron chi connectivity index (χ4n) is 3.38. The molecule has 0 bridgehead atoms. The number of hydrogen-bond donors (Lipinski definition) is 1. The smallest absolute Gasteiger partial charge is 0.336 e. The molecule has 4 aromatic carbocycles. The van der Waals surface area contributed by atoms with E-state index >= 15 is 0 Å². The molecular formula is C31H26N2O4. The first-order chi connectivity index (χ1) is 18.1. The first kappa shape index (κ1) is 25.1. The van der Waals surface area contributed by atoms with Crippen LogP contribution in [0.5, 0.6) is 11.5 Å². The second kappa shape index (κ2) is 12.7. The van der Waals surface area contributed by atoms with E-state index in [-0.39, 0.29) is 5.91 Å². The van der Waals surface area contributed by atoms with Gasteiger partial charge in [0, 0.05) is 6.08 Å². The van der Waals surface area contributed by atoms with Gasteiger partial charge in [-0.3, -0.25) is 4.79 Å². The Kier molecular flexibility index (Phi) is 8.59. The van der Waals surface area contributed by atoms with Gasteiger partial charge in [-0.05, 0) is 71.7 Å². The number of nitrogens with one attached hydrogen (secondary N) is 1. The Bertz CT molecular complexity index is 1360.